The van der Waals surface area contributed by atoms with Crippen molar-refractivity contribution in [1.82, 2.24) is 15.0 Å². The first-order valence-electron chi connectivity index (χ1n) is 6.50. The SMILES string of the molecule is Cc1cnc(-c2nc(C)c(CCN)c(C)n2)c(C)c1. The van der Waals surface area contributed by atoms with E-state index in [0.29, 0.717) is 12.4 Å². The molecule has 0 atom stereocenters. The highest BCUT2D eigenvalue weighted by molar-refractivity contribution is 5.55. The van der Waals surface area contributed by atoms with Gasteiger partial charge in [-0.1, -0.05) is 6.07 Å². The van der Waals surface area contributed by atoms with Gasteiger partial charge >= 0.3 is 0 Å². The van der Waals surface area contributed by atoms with Crippen molar-refractivity contribution in [2.24, 2.45) is 5.73 Å². The van der Waals surface area contributed by atoms with Crippen molar-refractivity contribution in [3.8, 4) is 11.5 Å². The lowest BCUT2D eigenvalue weighted by Crippen LogP contribution is -2.09. The molecule has 0 aliphatic carbocycles. The fourth-order valence-electron chi connectivity index (χ4n) is 2.30. The van der Waals surface area contributed by atoms with E-state index < -0.39 is 0 Å². The molecule has 2 rings (SSSR count). The molecule has 100 valence electrons. The predicted octanol–water partition coefficient (Wildman–Crippen LogP) is 2.27. The summed E-state index contributed by atoms with van der Waals surface area (Å²) in [7, 11) is 0. The topological polar surface area (TPSA) is 64.7 Å². The highest BCUT2D eigenvalue weighted by atomic mass is 14.9. The van der Waals surface area contributed by atoms with Crippen LogP contribution in [0.2, 0.25) is 0 Å². The summed E-state index contributed by atoms with van der Waals surface area (Å²) >= 11 is 0. The molecule has 0 saturated heterocycles. The number of nitrogens with zero attached hydrogens (tertiary/aromatic N) is 3. The molecular formula is C15H20N4. The van der Waals surface area contributed by atoms with Crippen molar-refractivity contribution < 1.29 is 0 Å². The number of aromatic nitrogens is 3. The normalized spacial score (nSPS) is 10.8. The molecular weight excluding hydrogens is 236 g/mol. The molecule has 2 N–H and O–H groups in total. The average molecular weight is 256 g/mol. The highest BCUT2D eigenvalue weighted by Gasteiger charge is 2.12. The fourth-order valence-corrected chi connectivity index (χ4v) is 2.30. The maximum atomic E-state index is 5.62. The van der Waals surface area contributed by atoms with Crippen LogP contribution < -0.4 is 5.73 Å². The summed E-state index contributed by atoms with van der Waals surface area (Å²) in [6.45, 7) is 8.70. The molecule has 0 aliphatic heterocycles. The van der Waals surface area contributed by atoms with E-state index in [1.165, 1.54) is 0 Å². The van der Waals surface area contributed by atoms with E-state index in [9.17, 15) is 0 Å². The van der Waals surface area contributed by atoms with Gasteiger partial charge in [-0.3, -0.25) is 4.98 Å². The van der Waals surface area contributed by atoms with Gasteiger partial charge in [0.25, 0.3) is 0 Å². The number of hydrogen-bond donors (Lipinski definition) is 1. The predicted molar refractivity (Wildman–Crippen MR) is 77.0 cm³/mol. The lowest BCUT2D eigenvalue weighted by molar-refractivity contribution is 0.895. The molecule has 0 spiro atoms. The van der Waals surface area contributed by atoms with Crippen LogP contribution in [0, 0.1) is 27.7 Å². The maximum absolute atomic E-state index is 5.62. The van der Waals surface area contributed by atoms with Gasteiger partial charge in [-0.15, -0.1) is 0 Å². The Labute approximate surface area is 114 Å². The third-order valence-corrected chi connectivity index (χ3v) is 3.24. The Hall–Kier alpha value is -1.81. The van der Waals surface area contributed by atoms with E-state index in [-0.39, 0.29) is 0 Å². The van der Waals surface area contributed by atoms with E-state index in [1.807, 2.05) is 33.9 Å². The second-order valence-electron chi connectivity index (χ2n) is 4.91. The third kappa shape index (κ3) is 2.79. The van der Waals surface area contributed by atoms with Crippen LogP contribution in [0.4, 0.5) is 0 Å². The minimum Gasteiger partial charge on any atom is -0.330 e. The van der Waals surface area contributed by atoms with Crippen LogP contribution in [0.25, 0.3) is 11.5 Å². The second kappa shape index (κ2) is 5.45. The first-order chi connectivity index (χ1) is 9.02. The molecule has 0 bridgehead atoms. The molecule has 0 fully saturated rings. The first-order valence-corrected chi connectivity index (χ1v) is 6.50. The van der Waals surface area contributed by atoms with Crippen LogP contribution >= 0.6 is 0 Å². The number of nitrogens with two attached hydrogens (primary N) is 1. The van der Waals surface area contributed by atoms with Crippen LogP contribution in [-0.2, 0) is 6.42 Å². The van der Waals surface area contributed by atoms with Crippen LogP contribution in [0.3, 0.4) is 0 Å². The highest BCUT2D eigenvalue weighted by Crippen LogP contribution is 2.20. The van der Waals surface area contributed by atoms with Gasteiger partial charge in [0.05, 0.1) is 0 Å². The van der Waals surface area contributed by atoms with Gasteiger partial charge in [0.2, 0.25) is 0 Å². The molecule has 2 aromatic rings. The van der Waals surface area contributed by atoms with Crippen LogP contribution in [-0.4, -0.2) is 21.5 Å². The molecule has 0 aliphatic rings. The summed E-state index contributed by atoms with van der Waals surface area (Å²) in [5.74, 6) is 0.702. The van der Waals surface area contributed by atoms with Gasteiger partial charge in [-0.2, -0.15) is 0 Å². The zero-order chi connectivity index (χ0) is 14.0. The Kier molecular flexibility index (Phi) is 3.90. The van der Waals surface area contributed by atoms with Gasteiger partial charge in [0, 0.05) is 17.6 Å². The van der Waals surface area contributed by atoms with Crippen molar-refractivity contribution in [3.05, 3.63) is 40.3 Å². The van der Waals surface area contributed by atoms with E-state index in [4.69, 9.17) is 5.73 Å². The number of rotatable bonds is 3. The summed E-state index contributed by atoms with van der Waals surface area (Å²) in [4.78, 5) is 13.6. The van der Waals surface area contributed by atoms with Gasteiger partial charge < -0.3 is 5.73 Å². The van der Waals surface area contributed by atoms with E-state index in [1.54, 1.807) is 0 Å². The summed E-state index contributed by atoms with van der Waals surface area (Å²) < 4.78 is 0. The number of hydrogen-bond acceptors (Lipinski definition) is 4. The first kappa shape index (κ1) is 13.6. The molecule has 0 saturated carbocycles. The van der Waals surface area contributed by atoms with Gasteiger partial charge in [0.1, 0.15) is 5.69 Å². The minimum absolute atomic E-state index is 0.617. The van der Waals surface area contributed by atoms with E-state index in [2.05, 4.69) is 21.0 Å². The van der Waals surface area contributed by atoms with Gasteiger partial charge in [-0.25, -0.2) is 9.97 Å². The van der Waals surface area contributed by atoms with Crippen molar-refractivity contribution in [2.75, 3.05) is 6.54 Å². The zero-order valence-electron chi connectivity index (χ0n) is 12.0. The molecule has 0 amide bonds. The third-order valence-electron chi connectivity index (χ3n) is 3.24. The molecule has 2 heterocycles. The second-order valence-corrected chi connectivity index (χ2v) is 4.91. The van der Waals surface area contributed by atoms with Gasteiger partial charge in [0.15, 0.2) is 5.82 Å². The Bertz CT molecular complexity index is 582. The summed E-state index contributed by atoms with van der Waals surface area (Å²) in [6.07, 6.45) is 2.67. The zero-order valence-corrected chi connectivity index (χ0v) is 12.0. The fraction of sp³-hybridized carbons (Fsp3) is 0.400. The van der Waals surface area contributed by atoms with Crippen molar-refractivity contribution in [1.29, 1.82) is 0 Å². The molecule has 0 aromatic carbocycles. The summed E-state index contributed by atoms with van der Waals surface area (Å²) in [5.41, 5.74) is 11.9. The lowest BCUT2D eigenvalue weighted by atomic mass is 10.1. The molecule has 4 nitrogen and oxygen atoms in total. The Morgan fingerprint density at radius 2 is 1.68 bits per heavy atom. The lowest BCUT2D eigenvalue weighted by Gasteiger charge is -2.11. The van der Waals surface area contributed by atoms with Crippen molar-refractivity contribution in [3.63, 3.8) is 0 Å². The maximum Gasteiger partial charge on any atom is 0.178 e. The van der Waals surface area contributed by atoms with Crippen molar-refractivity contribution in [2.45, 2.75) is 34.1 Å². The summed E-state index contributed by atoms with van der Waals surface area (Å²) in [5, 5.41) is 0. The van der Waals surface area contributed by atoms with Crippen LogP contribution in [0.15, 0.2) is 12.3 Å². The minimum atomic E-state index is 0.617. The molecule has 0 radical (unpaired) electrons. The molecule has 2 aromatic heterocycles. The van der Waals surface area contributed by atoms with Gasteiger partial charge in [-0.05, 0) is 57.4 Å². The Balaban J connectivity index is 2.52. The van der Waals surface area contributed by atoms with E-state index in [0.717, 1.165) is 40.2 Å². The molecule has 19 heavy (non-hydrogen) atoms. The average Bonchev–Trinajstić information content (AvgIpc) is 2.33. The van der Waals surface area contributed by atoms with Crippen LogP contribution in [0.1, 0.15) is 28.1 Å². The summed E-state index contributed by atoms with van der Waals surface area (Å²) in [6, 6.07) is 2.10. The molecule has 4 heteroatoms. The Morgan fingerprint density at radius 1 is 1.05 bits per heavy atom. The molecule has 0 unspecified atom stereocenters. The quantitative estimate of drug-likeness (QED) is 0.915. The Morgan fingerprint density at radius 3 is 2.21 bits per heavy atom. The van der Waals surface area contributed by atoms with Crippen LogP contribution in [0.5, 0.6) is 0 Å². The number of pyridine rings is 1. The smallest absolute Gasteiger partial charge is 0.178 e. The largest absolute Gasteiger partial charge is 0.330 e. The van der Waals surface area contributed by atoms with E-state index >= 15 is 0 Å². The number of aryl methyl sites for hydroxylation is 4. The standard InChI is InChI=1S/C15H20N4/c1-9-7-10(2)14(17-8-9)15-18-11(3)13(5-6-16)12(4)19-15/h7-8H,5-6,16H2,1-4H3. The monoisotopic (exact) mass is 256 g/mol. The van der Waals surface area contributed by atoms with Crippen molar-refractivity contribution >= 4 is 0 Å².